The van der Waals surface area contributed by atoms with Gasteiger partial charge < -0.3 is 15.4 Å². The molecule has 84 valence electrons. The topological polar surface area (TPSA) is 51.4 Å². The minimum absolute atomic E-state index is 0.655. The van der Waals surface area contributed by atoms with Crippen LogP contribution in [0.15, 0.2) is 6.20 Å². The van der Waals surface area contributed by atoms with Crippen molar-refractivity contribution >= 4 is 16.5 Å². The fourth-order valence-electron chi connectivity index (χ4n) is 1.89. The predicted octanol–water partition coefficient (Wildman–Crippen LogP) is 1.19. The van der Waals surface area contributed by atoms with Crippen molar-refractivity contribution in [3.63, 3.8) is 0 Å². The third-order valence-electron chi connectivity index (χ3n) is 2.59. The molecule has 0 amide bonds. The summed E-state index contributed by atoms with van der Waals surface area (Å²) in [4.78, 5) is 7.59. The van der Waals surface area contributed by atoms with Crippen LogP contribution in [0.4, 0.5) is 5.13 Å². The molecule has 1 aromatic heterocycles. The van der Waals surface area contributed by atoms with Crippen LogP contribution >= 0.6 is 11.3 Å². The number of ether oxygens (including phenoxy) is 1. The lowest BCUT2D eigenvalue weighted by Gasteiger charge is -2.18. The van der Waals surface area contributed by atoms with Crippen LogP contribution in [0.2, 0.25) is 0 Å². The van der Waals surface area contributed by atoms with Crippen molar-refractivity contribution in [2.45, 2.75) is 13.0 Å². The third kappa shape index (κ3) is 3.15. The molecule has 5 heteroatoms. The van der Waals surface area contributed by atoms with Crippen molar-refractivity contribution in [1.29, 1.82) is 0 Å². The summed E-state index contributed by atoms with van der Waals surface area (Å²) >= 11 is 1.57. The molecule has 1 fully saturated rings. The third-order valence-corrected chi connectivity index (χ3v) is 3.40. The van der Waals surface area contributed by atoms with Gasteiger partial charge in [-0.1, -0.05) is 0 Å². The maximum atomic E-state index is 5.59. The Morgan fingerprint density at radius 1 is 1.73 bits per heavy atom. The smallest absolute Gasteiger partial charge is 0.180 e. The molecule has 1 saturated heterocycles. The van der Waals surface area contributed by atoms with E-state index in [0.717, 1.165) is 26.3 Å². The standard InChI is InChI=1S/C10H17N3OS/c1-13(5-8-2-3-14-7-8)6-9-4-12-10(11)15-9/h4,8H,2-3,5-7H2,1H3,(H2,11,12). The van der Waals surface area contributed by atoms with Crippen LogP contribution in [-0.4, -0.2) is 36.7 Å². The SMILES string of the molecule is CN(Cc1cnc(N)s1)CC1CCOC1. The average Bonchev–Trinajstić information content (AvgIpc) is 2.77. The number of anilines is 1. The quantitative estimate of drug-likeness (QED) is 0.839. The summed E-state index contributed by atoms with van der Waals surface area (Å²) in [7, 11) is 2.13. The van der Waals surface area contributed by atoms with Gasteiger partial charge in [0, 0.05) is 30.8 Å². The minimum Gasteiger partial charge on any atom is -0.381 e. The molecule has 0 bridgehead atoms. The van der Waals surface area contributed by atoms with Crippen LogP contribution in [0.3, 0.4) is 0 Å². The Balaban J connectivity index is 1.78. The van der Waals surface area contributed by atoms with Gasteiger partial charge in [0.05, 0.1) is 6.61 Å². The molecule has 1 aliphatic heterocycles. The van der Waals surface area contributed by atoms with Crippen LogP contribution in [0, 0.1) is 5.92 Å². The Bertz CT molecular complexity index is 309. The maximum Gasteiger partial charge on any atom is 0.180 e. The molecule has 2 N–H and O–H groups in total. The van der Waals surface area contributed by atoms with Gasteiger partial charge in [-0.15, -0.1) is 11.3 Å². The van der Waals surface area contributed by atoms with Crippen LogP contribution in [0.25, 0.3) is 0 Å². The van der Waals surface area contributed by atoms with Gasteiger partial charge in [0.1, 0.15) is 0 Å². The molecular weight excluding hydrogens is 210 g/mol. The lowest BCUT2D eigenvalue weighted by molar-refractivity contribution is 0.173. The molecule has 1 unspecified atom stereocenters. The molecule has 2 heterocycles. The summed E-state index contributed by atoms with van der Waals surface area (Å²) in [5.41, 5.74) is 5.59. The largest absolute Gasteiger partial charge is 0.381 e. The van der Waals surface area contributed by atoms with Crippen LogP contribution in [0.1, 0.15) is 11.3 Å². The lowest BCUT2D eigenvalue weighted by Crippen LogP contribution is -2.25. The molecule has 1 atom stereocenters. The van der Waals surface area contributed by atoms with Crippen molar-refractivity contribution in [2.75, 3.05) is 32.5 Å². The molecule has 1 aliphatic rings. The van der Waals surface area contributed by atoms with Gasteiger partial charge in [0.25, 0.3) is 0 Å². The van der Waals surface area contributed by atoms with Gasteiger partial charge in [-0.2, -0.15) is 0 Å². The number of rotatable bonds is 4. The highest BCUT2D eigenvalue weighted by Crippen LogP contribution is 2.18. The molecule has 15 heavy (non-hydrogen) atoms. The second-order valence-corrected chi connectivity index (χ2v) is 5.24. The number of nitrogens with two attached hydrogens (primary N) is 1. The zero-order valence-corrected chi connectivity index (χ0v) is 9.80. The lowest BCUT2D eigenvalue weighted by atomic mass is 10.1. The van der Waals surface area contributed by atoms with E-state index in [2.05, 4.69) is 16.9 Å². The van der Waals surface area contributed by atoms with E-state index in [-0.39, 0.29) is 0 Å². The van der Waals surface area contributed by atoms with E-state index in [1.54, 1.807) is 11.3 Å². The first-order valence-electron chi connectivity index (χ1n) is 5.20. The summed E-state index contributed by atoms with van der Waals surface area (Å²) in [6, 6.07) is 0. The molecule has 2 rings (SSSR count). The monoisotopic (exact) mass is 227 g/mol. The second-order valence-electron chi connectivity index (χ2n) is 4.09. The van der Waals surface area contributed by atoms with Crippen LogP contribution in [0.5, 0.6) is 0 Å². The number of hydrogen-bond acceptors (Lipinski definition) is 5. The number of thiazole rings is 1. The number of aromatic nitrogens is 1. The molecule has 0 saturated carbocycles. The molecule has 1 aromatic rings. The Morgan fingerprint density at radius 2 is 2.60 bits per heavy atom. The summed E-state index contributed by atoms with van der Waals surface area (Å²) in [5.74, 6) is 0.695. The maximum absolute atomic E-state index is 5.59. The van der Waals surface area contributed by atoms with E-state index in [1.165, 1.54) is 11.3 Å². The van der Waals surface area contributed by atoms with E-state index >= 15 is 0 Å². The van der Waals surface area contributed by atoms with Crippen molar-refractivity contribution in [2.24, 2.45) is 5.92 Å². The van der Waals surface area contributed by atoms with E-state index in [1.807, 2.05) is 6.20 Å². The fraction of sp³-hybridized carbons (Fsp3) is 0.700. The highest BCUT2D eigenvalue weighted by molar-refractivity contribution is 7.15. The number of hydrogen-bond donors (Lipinski definition) is 1. The van der Waals surface area contributed by atoms with Gasteiger partial charge in [0.2, 0.25) is 0 Å². The van der Waals surface area contributed by atoms with Crippen molar-refractivity contribution in [3.05, 3.63) is 11.1 Å². The van der Waals surface area contributed by atoms with Gasteiger partial charge in [-0.05, 0) is 19.4 Å². The van der Waals surface area contributed by atoms with Crippen molar-refractivity contribution < 1.29 is 4.74 Å². The van der Waals surface area contributed by atoms with Crippen LogP contribution < -0.4 is 5.73 Å². The minimum atomic E-state index is 0.655. The first-order chi connectivity index (χ1) is 7.24. The Kier molecular flexibility index (Phi) is 3.56. The number of nitrogen functional groups attached to an aromatic ring is 1. The molecule has 0 spiro atoms. The first-order valence-corrected chi connectivity index (χ1v) is 6.02. The predicted molar refractivity (Wildman–Crippen MR) is 61.8 cm³/mol. The zero-order valence-electron chi connectivity index (χ0n) is 8.98. The fourth-order valence-corrected chi connectivity index (χ4v) is 2.66. The summed E-state index contributed by atoms with van der Waals surface area (Å²) in [6.45, 7) is 3.87. The second kappa shape index (κ2) is 4.92. The normalized spacial score (nSPS) is 21.3. The van der Waals surface area contributed by atoms with Crippen LogP contribution in [-0.2, 0) is 11.3 Å². The Hall–Kier alpha value is -0.650. The summed E-state index contributed by atoms with van der Waals surface area (Å²) in [5, 5.41) is 0.655. The van der Waals surface area contributed by atoms with Gasteiger partial charge in [0.15, 0.2) is 5.13 Å². The van der Waals surface area contributed by atoms with E-state index in [9.17, 15) is 0 Å². The van der Waals surface area contributed by atoms with Gasteiger partial charge >= 0.3 is 0 Å². The Labute approximate surface area is 94.1 Å². The van der Waals surface area contributed by atoms with E-state index in [4.69, 9.17) is 10.5 Å². The van der Waals surface area contributed by atoms with Crippen molar-refractivity contribution in [3.8, 4) is 0 Å². The molecule has 0 radical (unpaired) electrons. The zero-order chi connectivity index (χ0) is 10.7. The summed E-state index contributed by atoms with van der Waals surface area (Å²) in [6.07, 6.45) is 3.05. The van der Waals surface area contributed by atoms with Gasteiger partial charge in [-0.3, -0.25) is 0 Å². The molecule has 0 aliphatic carbocycles. The molecule has 4 nitrogen and oxygen atoms in total. The first kappa shape index (κ1) is 10.9. The highest BCUT2D eigenvalue weighted by Gasteiger charge is 2.17. The number of nitrogens with zero attached hydrogens (tertiary/aromatic N) is 2. The molecule has 0 aromatic carbocycles. The average molecular weight is 227 g/mol. The van der Waals surface area contributed by atoms with E-state index in [0.29, 0.717) is 11.0 Å². The van der Waals surface area contributed by atoms with Gasteiger partial charge in [-0.25, -0.2) is 4.98 Å². The Morgan fingerprint density at radius 3 is 3.20 bits per heavy atom. The summed E-state index contributed by atoms with van der Waals surface area (Å²) < 4.78 is 5.36. The van der Waals surface area contributed by atoms with E-state index < -0.39 is 0 Å². The molecular formula is C10H17N3OS. The highest BCUT2D eigenvalue weighted by atomic mass is 32.1. The van der Waals surface area contributed by atoms with Crippen molar-refractivity contribution in [1.82, 2.24) is 9.88 Å².